The zero-order valence-corrected chi connectivity index (χ0v) is 21.3. The molecule has 2 heterocycles. The summed E-state index contributed by atoms with van der Waals surface area (Å²) in [7, 11) is 0. The van der Waals surface area contributed by atoms with Crippen LogP contribution in [-0.2, 0) is 5.75 Å². The third kappa shape index (κ3) is 5.45. The number of rotatable bonds is 10. The maximum atomic E-state index is 12.1. The summed E-state index contributed by atoms with van der Waals surface area (Å²) in [6.07, 6.45) is 0. The van der Waals surface area contributed by atoms with Gasteiger partial charge in [0, 0.05) is 22.8 Å². The van der Waals surface area contributed by atoms with Crippen LogP contribution in [0.5, 0.6) is 17.2 Å². The molecular weight excluding hydrogens is 468 g/mol. The highest BCUT2D eigenvalue weighted by Crippen LogP contribution is 2.42. The van der Waals surface area contributed by atoms with E-state index in [2.05, 4.69) is 10.2 Å². The van der Waals surface area contributed by atoms with Crippen LogP contribution in [0, 0.1) is 13.8 Å². The van der Waals surface area contributed by atoms with Crippen molar-refractivity contribution in [3.63, 3.8) is 0 Å². The van der Waals surface area contributed by atoms with E-state index >= 15 is 0 Å². The van der Waals surface area contributed by atoms with E-state index in [1.54, 1.807) is 12.1 Å². The fourth-order valence-electron chi connectivity index (χ4n) is 3.64. The lowest BCUT2D eigenvalue weighted by Crippen LogP contribution is -2.03. The number of ether oxygens (including phenoxy) is 3. The lowest BCUT2D eigenvalue weighted by atomic mass is 10.0. The van der Waals surface area contributed by atoms with Crippen LogP contribution in [0.2, 0.25) is 0 Å². The first-order valence-electron chi connectivity index (χ1n) is 11.5. The molecule has 0 aliphatic carbocycles. The minimum Gasteiger partial charge on any atom is -0.490 e. The van der Waals surface area contributed by atoms with Gasteiger partial charge in [-0.1, -0.05) is 11.8 Å². The van der Waals surface area contributed by atoms with Crippen molar-refractivity contribution in [2.45, 2.75) is 45.6 Å². The van der Waals surface area contributed by atoms with Crippen molar-refractivity contribution in [1.29, 1.82) is 0 Å². The Balaban J connectivity index is 1.62. The Morgan fingerprint density at radius 1 is 0.829 bits per heavy atom. The topological polar surface area (TPSA) is 96.8 Å². The zero-order valence-electron chi connectivity index (χ0n) is 20.5. The minimum atomic E-state index is -0.385. The van der Waals surface area contributed by atoms with E-state index in [9.17, 15) is 4.79 Å². The molecule has 0 fully saturated rings. The van der Waals surface area contributed by atoms with E-state index in [0.29, 0.717) is 65.1 Å². The predicted octanol–water partition coefficient (Wildman–Crippen LogP) is 5.95. The highest BCUT2D eigenvalue weighted by Gasteiger charge is 2.19. The molecule has 0 aliphatic rings. The third-order valence-electron chi connectivity index (χ3n) is 5.36. The molecule has 0 atom stereocenters. The SMILES string of the molecule is CCOc1cc(-c2nnc(SCc3cc(=O)oc4cc(C)c(C)cc34)o2)cc(OCC)c1OCC. The van der Waals surface area contributed by atoms with E-state index in [0.717, 1.165) is 22.1 Å². The van der Waals surface area contributed by atoms with Crippen molar-refractivity contribution in [1.82, 2.24) is 10.2 Å². The lowest BCUT2D eigenvalue weighted by molar-refractivity contribution is 0.261. The lowest BCUT2D eigenvalue weighted by Gasteiger charge is -2.16. The van der Waals surface area contributed by atoms with Crippen molar-refractivity contribution >= 4 is 22.7 Å². The van der Waals surface area contributed by atoms with Crippen LogP contribution < -0.4 is 19.8 Å². The Morgan fingerprint density at radius 2 is 1.49 bits per heavy atom. The number of fused-ring (bicyclic) bond motifs is 1. The van der Waals surface area contributed by atoms with E-state index in [-0.39, 0.29) is 5.63 Å². The van der Waals surface area contributed by atoms with Crippen LogP contribution in [0.25, 0.3) is 22.4 Å². The zero-order chi connectivity index (χ0) is 24.9. The summed E-state index contributed by atoms with van der Waals surface area (Å²) < 4.78 is 28.6. The number of hydrogen-bond acceptors (Lipinski definition) is 9. The summed E-state index contributed by atoms with van der Waals surface area (Å²) >= 11 is 1.35. The molecule has 9 heteroatoms. The highest BCUT2D eigenvalue weighted by atomic mass is 32.2. The summed E-state index contributed by atoms with van der Waals surface area (Å²) in [5.74, 6) is 2.46. The van der Waals surface area contributed by atoms with Gasteiger partial charge in [-0.25, -0.2) is 4.79 Å². The highest BCUT2D eigenvalue weighted by molar-refractivity contribution is 7.98. The first-order valence-corrected chi connectivity index (χ1v) is 12.5. The standard InChI is InChI=1S/C26H28N2O6S/c1-6-30-21-11-17(12-22(31-7-2)24(21)32-8-3)25-27-28-26(34-25)35-14-18-13-23(29)33-20-10-16(5)15(4)9-19(18)20/h9-13H,6-8,14H2,1-5H3. The molecule has 2 aromatic heterocycles. The van der Waals surface area contributed by atoms with Gasteiger partial charge < -0.3 is 23.0 Å². The second kappa shape index (κ2) is 10.9. The molecule has 0 bridgehead atoms. The van der Waals surface area contributed by atoms with Gasteiger partial charge in [0.1, 0.15) is 5.58 Å². The molecule has 0 saturated carbocycles. The van der Waals surface area contributed by atoms with E-state index in [1.165, 1.54) is 17.8 Å². The number of hydrogen-bond donors (Lipinski definition) is 0. The van der Waals surface area contributed by atoms with Gasteiger partial charge in [-0.15, -0.1) is 10.2 Å². The Bertz CT molecular complexity index is 1370. The van der Waals surface area contributed by atoms with Gasteiger partial charge in [0.05, 0.1) is 19.8 Å². The fourth-order valence-corrected chi connectivity index (χ4v) is 4.39. The summed E-state index contributed by atoms with van der Waals surface area (Å²) in [4.78, 5) is 12.1. The van der Waals surface area contributed by atoms with Crippen LogP contribution in [0.3, 0.4) is 0 Å². The molecule has 4 rings (SSSR count). The second-order valence-electron chi connectivity index (χ2n) is 7.79. The van der Waals surface area contributed by atoms with Gasteiger partial charge in [-0.3, -0.25) is 0 Å². The van der Waals surface area contributed by atoms with Gasteiger partial charge >= 0.3 is 5.63 Å². The van der Waals surface area contributed by atoms with Crippen LogP contribution >= 0.6 is 11.8 Å². The van der Waals surface area contributed by atoms with Gasteiger partial charge in [-0.2, -0.15) is 0 Å². The quantitative estimate of drug-likeness (QED) is 0.195. The molecule has 0 N–H and O–H groups in total. The molecule has 4 aromatic rings. The average molecular weight is 497 g/mol. The molecule has 0 unspecified atom stereocenters. The van der Waals surface area contributed by atoms with E-state index in [1.807, 2.05) is 46.8 Å². The smallest absolute Gasteiger partial charge is 0.336 e. The van der Waals surface area contributed by atoms with Crippen LogP contribution in [0.4, 0.5) is 0 Å². The number of thioether (sulfide) groups is 1. The maximum Gasteiger partial charge on any atom is 0.336 e. The Labute approximate surface area is 207 Å². The van der Waals surface area contributed by atoms with Crippen molar-refractivity contribution in [3.05, 3.63) is 57.4 Å². The van der Waals surface area contributed by atoms with E-state index in [4.69, 9.17) is 23.0 Å². The Morgan fingerprint density at radius 3 is 2.14 bits per heavy atom. The third-order valence-corrected chi connectivity index (χ3v) is 6.23. The summed E-state index contributed by atoms with van der Waals surface area (Å²) in [6, 6.07) is 9.05. The molecule has 0 aliphatic heterocycles. The van der Waals surface area contributed by atoms with Gasteiger partial charge in [0.15, 0.2) is 11.5 Å². The van der Waals surface area contributed by atoms with Crippen molar-refractivity contribution in [2.24, 2.45) is 0 Å². The predicted molar refractivity (Wildman–Crippen MR) is 135 cm³/mol. The average Bonchev–Trinajstić information content (AvgIpc) is 3.30. The number of nitrogens with zero attached hydrogens (tertiary/aromatic N) is 2. The monoisotopic (exact) mass is 496 g/mol. The van der Waals surface area contributed by atoms with Crippen molar-refractivity contribution in [2.75, 3.05) is 19.8 Å². The second-order valence-corrected chi connectivity index (χ2v) is 8.71. The molecule has 0 saturated heterocycles. The van der Waals surface area contributed by atoms with Crippen LogP contribution in [0.15, 0.2) is 49.2 Å². The van der Waals surface area contributed by atoms with E-state index < -0.39 is 0 Å². The summed E-state index contributed by atoms with van der Waals surface area (Å²) in [6.45, 7) is 11.2. The summed E-state index contributed by atoms with van der Waals surface area (Å²) in [5.41, 5.74) is 3.90. The molecule has 0 spiro atoms. The molecule has 8 nitrogen and oxygen atoms in total. The normalized spacial score (nSPS) is 11.1. The largest absolute Gasteiger partial charge is 0.490 e. The molecular formula is C26H28N2O6S. The van der Waals surface area contributed by atoms with Crippen LogP contribution in [-0.4, -0.2) is 30.0 Å². The first-order chi connectivity index (χ1) is 16.9. The Kier molecular flexibility index (Phi) is 7.65. The van der Waals surface area contributed by atoms with Crippen LogP contribution in [0.1, 0.15) is 37.5 Å². The molecule has 2 aromatic carbocycles. The first kappa shape index (κ1) is 24.7. The van der Waals surface area contributed by atoms with Crippen molar-refractivity contribution in [3.8, 4) is 28.7 Å². The fraction of sp³-hybridized carbons (Fsp3) is 0.346. The van der Waals surface area contributed by atoms with Gasteiger partial charge in [-0.05, 0) is 75.6 Å². The number of benzene rings is 2. The molecule has 35 heavy (non-hydrogen) atoms. The van der Waals surface area contributed by atoms with Gasteiger partial charge in [0.2, 0.25) is 11.6 Å². The minimum absolute atomic E-state index is 0.335. The molecule has 184 valence electrons. The Hall–Kier alpha value is -3.46. The maximum absolute atomic E-state index is 12.1. The number of aromatic nitrogens is 2. The van der Waals surface area contributed by atoms with Gasteiger partial charge in [0.25, 0.3) is 5.22 Å². The molecule has 0 radical (unpaired) electrons. The van der Waals surface area contributed by atoms with Crippen molar-refractivity contribution < 1.29 is 23.0 Å². The summed E-state index contributed by atoms with van der Waals surface area (Å²) in [5, 5.41) is 9.68. The molecule has 0 amide bonds. The number of aryl methyl sites for hydroxylation is 2.